The van der Waals surface area contributed by atoms with Gasteiger partial charge in [-0.15, -0.1) is 0 Å². The number of pyridine rings is 1. The highest BCUT2D eigenvalue weighted by Gasteiger charge is 2.16. The van der Waals surface area contributed by atoms with Gasteiger partial charge in [0, 0.05) is 11.9 Å². The molecule has 1 aromatic heterocycles. The van der Waals surface area contributed by atoms with Gasteiger partial charge in [0.25, 0.3) is 0 Å². The lowest BCUT2D eigenvalue weighted by Gasteiger charge is -2.22. The molecule has 5 N–H and O–H groups in total. The maximum absolute atomic E-state index is 13.6. The van der Waals surface area contributed by atoms with Crippen molar-refractivity contribution in [1.82, 2.24) is 4.98 Å². The summed E-state index contributed by atoms with van der Waals surface area (Å²) in [7, 11) is 0. The van der Waals surface area contributed by atoms with Crippen LogP contribution in [0.5, 0.6) is 0 Å². The lowest BCUT2D eigenvalue weighted by atomic mass is 10.3. The third-order valence-electron chi connectivity index (χ3n) is 1.98. The highest BCUT2D eigenvalue weighted by atomic mass is 35.5. The molecular formula is C9H12ClFN4O. The highest BCUT2D eigenvalue weighted by molar-refractivity contribution is 6.29. The van der Waals surface area contributed by atoms with Crippen LogP contribution in [-0.2, 0) is 0 Å². The molecule has 0 fully saturated rings. The van der Waals surface area contributed by atoms with Gasteiger partial charge in [-0.05, 0) is 13.0 Å². The number of halogens is 2. The van der Waals surface area contributed by atoms with E-state index in [1.165, 1.54) is 12.3 Å². The van der Waals surface area contributed by atoms with E-state index in [9.17, 15) is 4.39 Å². The van der Waals surface area contributed by atoms with Crippen molar-refractivity contribution in [2.75, 3.05) is 11.6 Å². The summed E-state index contributed by atoms with van der Waals surface area (Å²) in [5, 5.41) is 9.71. The zero-order valence-electron chi connectivity index (χ0n) is 8.61. The Labute approximate surface area is 97.1 Å². The normalized spacial score (nSPS) is 12.3. The molecule has 0 aromatic carbocycles. The first kappa shape index (κ1) is 12.7. The zero-order chi connectivity index (χ0) is 12.3. The van der Waals surface area contributed by atoms with Gasteiger partial charge in [0.1, 0.15) is 0 Å². The van der Waals surface area contributed by atoms with Crippen LogP contribution < -0.4 is 16.6 Å². The van der Waals surface area contributed by atoms with Crippen molar-refractivity contribution in [2.24, 2.45) is 11.6 Å². The minimum Gasteiger partial charge on any atom is -0.401 e. The fourth-order valence-electron chi connectivity index (χ4n) is 1.13. The van der Waals surface area contributed by atoms with E-state index in [0.29, 0.717) is 0 Å². The number of hydrogen-bond acceptors (Lipinski definition) is 5. The number of allylic oxidation sites excluding steroid dienone is 1. The van der Waals surface area contributed by atoms with E-state index < -0.39 is 12.4 Å². The Kier molecular flexibility index (Phi) is 4.05. The van der Waals surface area contributed by atoms with Crippen LogP contribution in [0.15, 0.2) is 23.7 Å². The fraction of sp³-hybridized carbons (Fsp3) is 0.222. The average Bonchev–Trinajstić information content (AvgIpc) is 2.22. The molecule has 0 saturated carbocycles. The molecule has 0 radical (unpaired) electrons. The third-order valence-corrected chi connectivity index (χ3v) is 2.25. The monoisotopic (exact) mass is 246 g/mol. The molecule has 0 atom stereocenters. The predicted octanol–water partition coefficient (Wildman–Crippen LogP) is 0.737. The summed E-state index contributed by atoms with van der Waals surface area (Å²) in [6, 6.07) is 1.33. The second-order valence-electron chi connectivity index (χ2n) is 3.09. The molecule has 0 unspecified atom stereocenters. The van der Waals surface area contributed by atoms with E-state index in [-0.39, 0.29) is 22.2 Å². The SMILES string of the molecule is C/C(N)=C(\CO)N(N)c1ccnc(Cl)c1F. The molecule has 0 bridgehead atoms. The van der Waals surface area contributed by atoms with E-state index in [1.807, 2.05) is 0 Å². The summed E-state index contributed by atoms with van der Waals surface area (Å²) < 4.78 is 13.6. The summed E-state index contributed by atoms with van der Waals surface area (Å²) in [6.45, 7) is 1.14. The van der Waals surface area contributed by atoms with Gasteiger partial charge >= 0.3 is 0 Å². The largest absolute Gasteiger partial charge is 0.401 e. The van der Waals surface area contributed by atoms with Crippen molar-refractivity contribution < 1.29 is 9.50 Å². The molecule has 0 spiro atoms. The molecular weight excluding hydrogens is 235 g/mol. The van der Waals surface area contributed by atoms with Crippen LogP contribution in [0, 0.1) is 5.82 Å². The molecule has 1 rings (SSSR count). The number of aliphatic hydroxyl groups excluding tert-OH is 1. The van der Waals surface area contributed by atoms with Gasteiger partial charge < -0.3 is 10.8 Å². The molecule has 0 aliphatic rings. The van der Waals surface area contributed by atoms with Crippen LogP contribution >= 0.6 is 11.6 Å². The second kappa shape index (κ2) is 5.11. The van der Waals surface area contributed by atoms with Gasteiger partial charge in [-0.2, -0.15) is 0 Å². The van der Waals surface area contributed by atoms with Gasteiger partial charge in [0.15, 0.2) is 11.0 Å². The van der Waals surface area contributed by atoms with Crippen molar-refractivity contribution in [3.63, 3.8) is 0 Å². The van der Waals surface area contributed by atoms with Crippen molar-refractivity contribution in [3.05, 3.63) is 34.6 Å². The summed E-state index contributed by atoms with van der Waals surface area (Å²) in [6.07, 6.45) is 1.31. The number of hydrazine groups is 1. The van der Waals surface area contributed by atoms with Crippen LogP contribution in [0.1, 0.15) is 6.92 Å². The molecule has 5 nitrogen and oxygen atoms in total. The van der Waals surface area contributed by atoms with E-state index >= 15 is 0 Å². The van der Waals surface area contributed by atoms with Crippen molar-refractivity contribution >= 4 is 17.3 Å². The van der Waals surface area contributed by atoms with E-state index in [0.717, 1.165) is 5.01 Å². The maximum Gasteiger partial charge on any atom is 0.185 e. The minimum absolute atomic E-state index is 0.00569. The molecule has 0 saturated heterocycles. The fourth-order valence-corrected chi connectivity index (χ4v) is 1.28. The Bertz CT molecular complexity index is 420. The Balaban J connectivity index is 3.19. The Morgan fingerprint density at radius 3 is 2.81 bits per heavy atom. The van der Waals surface area contributed by atoms with Crippen molar-refractivity contribution in [2.45, 2.75) is 6.92 Å². The first-order valence-electron chi connectivity index (χ1n) is 4.40. The summed E-state index contributed by atoms with van der Waals surface area (Å²) in [4.78, 5) is 3.55. The van der Waals surface area contributed by atoms with Crippen LogP contribution in [-0.4, -0.2) is 16.7 Å². The van der Waals surface area contributed by atoms with Gasteiger partial charge in [0.05, 0.1) is 18.0 Å². The molecule has 1 heterocycles. The minimum atomic E-state index is -0.765. The van der Waals surface area contributed by atoms with Gasteiger partial charge in [0.2, 0.25) is 0 Å². The quantitative estimate of drug-likeness (QED) is 0.416. The number of aromatic nitrogens is 1. The number of nitrogens with two attached hydrogens (primary N) is 2. The summed E-state index contributed by atoms with van der Waals surface area (Å²) in [5.41, 5.74) is 5.98. The topological polar surface area (TPSA) is 88.4 Å². The van der Waals surface area contributed by atoms with Crippen LogP contribution in [0.3, 0.4) is 0 Å². The lowest BCUT2D eigenvalue weighted by molar-refractivity contribution is 0.325. The molecule has 88 valence electrons. The summed E-state index contributed by atoms with van der Waals surface area (Å²) in [5.74, 6) is 4.86. The van der Waals surface area contributed by atoms with Crippen LogP contribution in [0.2, 0.25) is 5.15 Å². The van der Waals surface area contributed by atoms with Gasteiger partial charge in [-0.25, -0.2) is 15.2 Å². The van der Waals surface area contributed by atoms with Crippen LogP contribution in [0.4, 0.5) is 10.1 Å². The second-order valence-corrected chi connectivity index (χ2v) is 3.45. The molecule has 7 heteroatoms. The third kappa shape index (κ3) is 2.41. The maximum atomic E-state index is 13.6. The lowest BCUT2D eigenvalue weighted by Crippen LogP contribution is -2.34. The Hall–Kier alpha value is -1.37. The van der Waals surface area contributed by atoms with Crippen LogP contribution in [0.25, 0.3) is 0 Å². The van der Waals surface area contributed by atoms with Crippen molar-refractivity contribution in [3.8, 4) is 0 Å². The highest BCUT2D eigenvalue weighted by Crippen LogP contribution is 2.24. The Morgan fingerprint density at radius 2 is 2.31 bits per heavy atom. The number of anilines is 1. The van der Waals surface area contributed by atoms with Crippen molar-refractivity contribution in [1.29, 1.82) is 0 Å². The van der Waals surface area contributed by atoms with E-state index in [4.69, 9.17) is 28.3 Å². The zero-order valence-corrected chi connectivity index (χ0v) is 9.37. The number of aliphatic hydroxyl groups is 1. The Morgan fingerprint density at radius 1 is 1.69 bits per heavy atom. The average molecular weight is 247 g/mol. The number of rotatable bonds is 3. The van der Waals surface area contributed by atoms with Gasteiger partial charge in [-0.1, -0.05) is 11.6 Å². The smallest absolute Gasteiger partial charge is 0.185 e. The molecule has 0 aliphatic carbocycles. The van der Waals surface area contributed by atoms with E-state index in [2.05, 4.69) is 4.98 Å². The standard InChI is InChI=1S/C9H12ClFN4O/c1-5(12)7(4-16)15(13)6-2-3-14-9(10)8(6)11/h2-3,16H,4,12-13H2,1H3/b7-5-. The predicted molar refractivity (Wildman–Crippen MR) is 59.8 cm³/mol. The molecule has 16 heavy (non-hydrogen) atoms. The number of hydrogen-bond donors (Lipinski definition) is 3. The van der Waals surface area contributed by atoms with Gasteiger partial charge in [-0.3, -0.25) is 5.01 Å². The first-order chi connectivity index (χ1) is 7.49. The summed E-state index contributed by atoms with van der Waals surface area (Å²) >= 11 is 5.51. The first-order valence-corrected chi connectivity index (χ1v) is 4.77. The molecule has 0 amide bonds. The van der Waals surface area contributed by atoms with E-state index in [1.54, 1.807) is 6.92 Å². The number of nitrogens with zero attached hydrogens (tertiary/aromatic N) is 2. The molecule has 1 aromatic rings. The molecule has 0 aliphatic heterocycles.